The van der Waals surface area contributed by atoms with Crippen LogP contribution in [0.15, 0.2) is 60.7 Å². The van der Waals surface area contributed by atoms with Crippen LogP contribution < -0.4 is 0 Å². The van der Waals surface area contributed by atoms with Crippen molar-refractivity contribution in [2.24, 2.45) is 0 Å². The standard InChI is InChI=1S/C25H24ClN3O3/c1-15-21(23(24(30)31)32-25(2,3)4)22(17-12-8-9-13-18(17)26)29-20(27-15)14-19(28-29)16-10-6-5-7-11-16/h5-14,23H,1-4H3,(H,30,31). The minimum Gasteiger partial charge on any atom is -0.479 e. The van der Waals surface area contributed by atoms with Gasteiger partial charge in [0, 0.05) is 33.5 Å². The van der Waals surface area contributed by atoms with Gasteiger partial charge in [-0.05, 0) is 33.8 Å². The normalized spacial score (nSPS) is 12.8. The van der Waals surface area contributed by atoms with Gasteiger partial charge in [0.05, 0.1) is 17.0 Å². The average Bonchev–Trinajstić information content (AvgIpc) is 3.15. The third-order valence-corrected chi connectivity index (χ3v) is 5.32. The van der Waals surface area contributed by atoms with Crippen molar-refractivity contribution in [2.75, 3.05) is 0 Å². The first-order valence-electron chi connectivity index (χ1n) is 10.3. The van der Waals surface area contributed by atoms with Crippen LogP contribution >= 0.6 is 11.6 Å². The third kappa shape index (κ3) is 4.24. The lowest BCUT2D eigenvalue weighted by atomic mass is 9.99. The molecule has 164 valence electrons. The number of aromatic nitrogens is 3. The molecule has 1 atom stereocenters. The summed E-state index contributed by atoms with van der Waals surface area (Å²) < 4.78 is 7.65. The van der Waals surface area contributed by atoms with E-state index in [0.29, 0.717) is 33.2 Å². The summed E-state index contributed by atoms with van der Waals surface area (Å²) in [7, 11) is 0. The largest absolute Gasteiger partial charge is 0.479 e. The molecule has 0 aliphatic rings. The maximum absolute atomic E-state index is 12.3. The Morgan fingerprint density at radius 3 is 2.38 bits per heavy atom. The third-order valence-electron chi connectivity index (χ3n) is 4.99. The summed E-state index contributed by atoms with van der Waals surface area (Å²) in [5.74, 6) is -1.10. The van der Waals surface area contributed by atoms with Gasteiger partial charge in [-0.15, -0.1) is 0 Å². The molecule has 4 aromatic rings. The van der Waals surface area contributed by atoms with E-state index in [1.807, 2.05) is 75.4 Å². The van der Waals surface area contributed by atoms with Gasteiger partial charge < -0.3 is 9.84 Å². The first-order valence-corrected chi connectivity index (χ1v) is 10.6. The van der Waals surface area contributed by atoms with Gasteiger partial charge in [-0.1, -0.05) is 60.1 Å². The van der Waals surface area contributed by atoms with E-state index < -0.39 is 17.7 Å². The number of benzene rings is 2. The van der Waals surface area contributed by atoms with Gasteiger partial charge in [-0.25, -0.2) is 14.3 Å². The highest BCUT2D eigenvalue weighted by Gasteiger charge is 2.33. The van der Waals surface area contributed by atoms with Crippen molar-refractivity contribution in [3.63, 3.8) is 0 Å². The predicted molar refractivity (Wildman–Crippen MR) is 125 cm³/mol. The van der Waals surface area contributed by atoms with Gasteiger partial charge in [0.1, 0.15) is 0 Å². The Morgan fingerprint density at radius 1 is 1.09 bits per heavy atom. The molecule has 1 unspecified atom stereocenters. The molecule has 2 aromatic heterocycles. The summed E-state index contributed by atoms with van der Waals surface area (Å²) in [6.45, 7) is 7.25. The SMILES string of the molecule is Cc1nc2cc(-c3ccccc3)nn2c(-c2ccccc2Cl)c1C(OC(C)(C)C)C(=O)O. The second kappa shape index (κ2) is 8.37. The zero-order valence-corrected chi connectivity index (χ0v) is 19.1. The lowest BCUT2D eigenvalue weighted by Gasteiger charge is -2.27. The number of ether oxygens (including phenoxy) is 1. The van der Waals surface area contributed by atoms with Crippen LogP contribution in [-0.4, -0.2) is 31.3 Å². The summed E-state index contributed by atoms with van der Waals surface area (Å²) in [6.07, 6.45) is -1.25. The lowest BCUT2D eigenvalue weighted by Crippen LogP contribution is -2.29. The molecule has 2 aromatic carbocycles. The van der Waals surface area contributed by atoms with Crippen LogP contribution in [0.4, 0.5) is 0 Å². The number of hydrogen-bond acceptors (Lipinski definition) is 4. The molecule has 0 radical (unpaired) electrons. The Bertz CT molecular complexity index is 1290. The van der Waals surface area contributed by atoms with Gasteiger partial charge in [0.2, 0.25) is 0 Å². The van der Waals surface area contributed by atoms with Gasteiger partial charge >= 0.3 is 5.97 Å². The molecule has 0 bridgehead atoms. The molecule has 0 fully saturated rings. The molecule has 0 aliphatic carbocycles. The van der Waals surface area contributed by atoms with E-state index in [2.05, 4.69) is 4.98 Å². The number of aliphatic carboxylic acids is 1. The highest BCUT2D eigenvalue weighted by molar-refractivity contribution is 6.33. The van der Waals surface area contributed by atoms with E-state index in [1.165, 1.54) is 0 Å². The number of carboxylic acids is 1. The van der Waals surface area contributed by atoms with Gasteiger partial charge in [-0.3, -0.25) is 0 Å². The van der Waals surface area contributed by atoms with Crippen molar-refractivity contribution in [3.8, 4) is 22.5 Å². The van der Waals surface area contributed by atoms with Crippen LogP contribution in [0.5, 0.6) is 0 Å². The van der Waals surface area contributed by atoms with Crippen LogP contribution in [0.3, 0.4) is 0 Å². The van der Waals surface area contributed by atoms with Crippen LogP contribution in [0.25, 0.3) is 28.2 Å². The molecule has 4 rings (SSSR count). The lowest BCUT2D eigenvalue weighted by molar-refractivity contribution is -0.160. The summed E-state index contributed by atoms with van der Waals surface area (Å²) in [5.41, 5.74) is 3.75. The smallest absolute Gasteiger partial charge is 0.337 e. The Balaban J connectivity index is 2.07. The van der Waals surface area contributed by atoms with Crippen molar-refractivity contribution < 1.29 is 14.6 Å². The quantitative estimate of drug-likeness (QED) is 0.406. The monoisotopic (exact) mass is 449 g/mol. The zero-order chi connectivity index (χ0) is 23.0. The number of rotatable bonds is 5. The number of fused-ring (bicyclic) bond motifs is 1. The van der Waals surface area contributed by atoms with E-state index in [1.54, 1.807) is 17.5 Å². The molecule has 0 spiro atoms. The van der Waals surface area contributed by atoms with E-state index in [4.69, 9.17) is 21.4 Å². The zero-order valence-electron chi connectivity index (χ0n) is 18.3. The number of nitrogens with zero attached hydrogens (tertiary/aromatic N) is 3. The number of aryl methyl sites for hydroxylation is 1. The number of carbonyl (C=O) groups is 1. The second-order valence-corrected chi connectivity index (χ2v) is 8.96. The molecule has 0 amide bonds. The molecule has 6 nitrogen and oxygen atoms in total. The van der Waals surface area contributed by atoms with Crippen molar-refractivity contribution in [2.45, 2.75) is 39.4 Å². The van der Waals surface area contributed by atoms with Crippen molar-refractivity contribution in [1.29, 1.82) is 0 Å². The van der Waals surface area contributed by atoms with Crippen molar-refractivity contribution in [1.82, 2.24) is 14.6 Å². The summed E-state index contributed by atoms with van der Waals surface area (Å²) >= 11 is 6.57. The molecule has 7 heteroatoms. The van der Waals surface area contributed by atoms with E-state index in [-0.39, 0.29) is 0 Å². The highest BCUT2D eigenvalue weighted by atomic mass is 35.5. The second-order valence-electron chi connectivity index (χ2n) is 8.55. The number of hydrogen-bond donors (Lipinski definition) is 1. The first-order chi connectivity index (χ1) is 15.2. The minimum atomic E-state index is -1.25. The van der Waals surface area contributed by atoms with Crippen molar-refractivity contribution in [3.05, 3.63) is 76.9 Å². The minimum absolute atomic E-state index is 0.427. The molecule has 0 saturated heterocycles. The van der Waals surface area contributed by atoms with E-state index >= 15 is 0 Å². The Kier molecular flexibility index (Phi) is 5.75. The molecule has 32 heavy (non-hydrogen) atoms. The summed E-state index contributed by atoms with van der Waals surface area (Å²) in [4.78, 5) is 17.0. The topological polar surface area (TPSA) is 76.7 Å². The van der Waals surface area contributed by atoms with E-state index in [9.17, 15) is 9.90 Å². The van der Waals surface area contributed by atoms with Gasteiger partial charge in [0.15, 0.2) is 11.8 Å². The maximum atomic E-state index is 12.3. The Labute approximate surface area is 191 Å². The fourth-order valence-electron chi connectivity index (χ4n) is 3.70. The number of carboxylic acid groups (broad SMARTS) is 1. The van der Waals surface area contributed by atoms with E-state index in [0.717, 1.165) is 11.3 Å². The van der Waals surface area contributed by atoms with Crippen LogP contribution in [0.1, 0.15) is 38.1 Å². The Hall–Kier alpha value is -3.22. The summed E-state index contributed by atoms with van der Waals surface area (Å²) in [5, 5.41) is 15.4. The molecule has 0 aliphatic heterocycles. The number of halogens is 1. The molecule has 2 heterocycles. The Morgan fingerprint density at radius 2 is 1.75 bits per heavy atom. The molecular formula is C25H24ClN3O3. The van der Waals surface area contributed by atoms with Crippen LogP contribution in [0, 0.1) is 6.92 Å². The molecule has 0 saturated carbocycles. The summed E-state index contributed by atoms with van der Waals surface area (Å²) in [6, 6.07) is 18.9. The average molecular weight is 450 g/mol. The predicted octanol–water partition coefficient (Wildman–Crippen LogP) is 5.97. The fourth-order valence-corrected chi connectivity index (χ4v) is 3.92. The van der Waals surface area contributed by atoms with Gasteiger partial charge in [0.25, 0.3) is 0 Å². The fraction of sp³-hybridized carbons (Fsp3) is 0.240. The van der Waals surface area contributed by atoms with Crippen molar-refractivity contribution >= 4 is 23.2 Å². The molecular weight excluding hydrogens is 426 g/mol. The first kappa shape index (κ1) is 22.0. The van der Waals surface area contributed by atoms with Crippen LogP contribution in [0.2, 0.25) is 5.02 Å². The highest BCUT2D eigenvalue weighted by Crippen LogP contribution is 2.38. The van der Waals surface area contributed by atoms with Gasteiger partial charge in [-0.2, -0.15) is 5.10 Å². The maximum Gasteiger partial charge on any atom is 0.337 e. The van der Waals surface area contributed by atoms with Crippen LogP contribution in [-0.2, 0) is 9.53 Å². The molecule has 1 N–H and O–H groups in total.